The van der Waals surface area contributed by atoms with E-state index in [0.717, 1.165) is 51.4 Å². The SMILES string of the molecule is CCC[C@H](NC(=O)[C@@H]1[C@@H]2[C@H](CN1C(=O)[C@@H](NC(=O)NC1(CS(=O)(=O)N(C)C(C)(C)C)CCCCC1)C1(C)CCCCC1)C2(C)C)C(=O)C(=O)NC1CC1. The van der Waals surface area contributed by atoms with Crippen LogP contribution >= 0.6 is 0 Å². The molecule has 0 aromatic carbocycles. The quantitative estimate of drug-likeness (QED) is 0.194. The number of rotatable bonds is 14. The van der Waals surface area contributed by atoms with Gasteiger partial charge in [0.2, 0.25) is 27.6 Å². The average molecular weight is 763 g/mol. The van der Waals surface area contributed by atoms with Crippen LogP contribution in [-0.2, 0) is 29.2 Å². The number of sulfonamides is 1. The minimum atomic E-state index is -3.75. The van der Waals surface area contributed by atoms with Gasteiger partial charge >= 0.3 is 6.03 Å². The molecule has 300 valence electrons. The van der Waals surface area contributed by atoms with Crippen LogP contribution in [0.1, 0.15) is 138 Å². The van der Waals surface area contributed by atoms with E-state index in [0.29, 0.717) is 45.1 Å². The third kappa shape index (κ3) is 9.05. The number of nitrogens with zero attached hydrogens (tertiary/aromatic N) is 2. The smallest absolute Gasteiger partial charge is 0.315 e. The fourth-order valence-corrected chi connectivity index (χ4v) is 11.5. The van der Waals surface area contributed by atoms with Crippen LogP contribution in [0.5, 0.6) is 0 Å². The van der Waals surface area contributed by atoms with Crippen molar-refractivity contribution < 1.29 is 32.4 Å². The van der Waals surface area contributed by atoms with Crippen LogP contribution in [0.2, 0.25) is 0 Å². The van der Waals surface area contributed by atoms with E-state index in [2.05, 4.69) is 35.1 Å². The lowest BCUT2D eigenvalue weighted by atomic mass is 9.70. The Balaban J connectivity index is 1.39. The molecule has 5 amide bonds. The van der Waals surface area contributed by atoms with E-state index in [4.69, 9.17) is 0 Å². The third-order valence-corrected chi connectivity index (χ3v) is 15.6. The zero-order valence-corrected chi connectivity index (χ0v) is 34.3. The fraction of sp³-hybridized carbons (Fsp3) is 0.872. The van der Waals surface area contributed by atoms with Gasteiger partial charge in [-0.2, -0.15) is 4.31 Å². The minimum Gasteiger partial charge on any atom is -0.347 e. The summed E-state index contributed by atoms with van der Waals surface area (Å²) in [5.74, 6) is -2.44. The molecule has 1 heterocycles. The predicted octanol–water partition coefficient (Wildman–Crippen LogP) is 4.00. The van der Waals surface area contributed by atoms with E-state index in [1.165, 1.54) is 4.31 Å². The van der Waals surface area contributed by atoms with Gasteiger partial charge in [-0.05, 0) is 88.4 Å². The van der Waals surface area contributed by atoms with Crippen LogP contribution in [0.25, 0.3) is 0 Å². The van der Waals surface area contributed by atoms with Crippen LogP contribution in [0.15, 0.2) is 0 Å². The molecule has 0 aromatic heterocycles. The van der Waals surface area contributed by atoms with Crippen molar-refractivity contribution in [2.75, 3.05) is 19.3 Å². The summed E-state index contributed by atoms with van der Waals surface area (Å²) in [5.41, 5.74) is -2.41. The monoisotopic (exact) mass is 762 g/mol. The van der Waals surface area contributed by atoms with Gasteiger partial charge in [0, 0.05) is 25.2 Å². The maximum absolute atomic E-state index is 14.9. The first-order valence-electron chi connectivity index (χ1n) is 20.2. The van der Waals surface area contributed by atoms with E-state index < -0.39 is 68.3 Å². The van der Waals surface area contributed by atoms with Crippen LogP contribution in [0.4, 0.5) is 4.79 Å². The highest BCUT2D eigenvalue weighted by atomic mass is 32.2. The highest BCUT2D eigenvalue weighted by Crippen LogP contribution is 2.65. The molecule has 5 aliphatic rings. The second-order valence-electron chi connectivity index (χ2n) is 18.8. The topological polar surface area (TPSA) is 174 Å². The zero-order valence-electron chi connectivity index (χ0n) is 33.4. The van der Waals surface area contributed by atoms with Crippen molar-refractivity contribution in [2.45, 2.75) is 174 Å². The second-order valence-corrected chi connectivity index (χ2v) is 20.8. The van der Waals surface area contributed by atoms with Crippen LogP contribution in [0, 0.1) is 22.7 Å². The van der Waals surface area contributed by atoms with Gasteiger partial charge in [-0.25, -0.2) is 13.2 Å². The lowest BCUT2D eigenvalue weighted by Gasteiger charge is -2.44. The first-order chi connectivity index (χ1) is 24.7. The first-order valence-corrected chi connectivity index (χ1v) is 21.8. The van der Waals surface area contributed by atoms with E-state index in [1.807, 2.05) is 34.6 Å². The second kappa shape index (κ2) is 15.4. The summed E-state index contributed by atoms with van der Waals surface area (Å²) in [4.78, 5) is 70.9. The Morgan fingerprint density at radius 3 is 2.02 bits per heavy atom. The molecule has 4 saturated carbocycles. The Labute approximate surface area is 317 Å². The molecular formula is C39H66N6O7S. The molecule has 53 heavy (non-hydrogen) atoms. The van der Waals surface area contributed by atoms with E-state index in [-0.39, 0.29) is 35.0 Å². The number of carbonyl (C=O) groups excluding carboxylic acids is 5. The highest BCUT2D eigenvalue weighted by molar-refractivity contribution is 7.89. The van der Waals surface area contributed by atoms with Crippen molar-refractivity contribution in [3.05, 3.63) is 0 Å². The summed E-state index contributed by atoms with van der Waals surface area (Å²) in [7, 11) is -2.18. The summed E-state index contributed by atoms with van der Waals surface area (Å²) in [6.07, 6.45) is 10.3. The first kappa shape index (κ1) is 41.4. The maximum Gasteiger partial charge on any atom is 0.315 e. The molecule has 14 heteroatoms. The Hall–Kier alpha value is -2.74. The summed E-state index contributed by atoms with van der Waals surface area (Å²) in [5, 5.41) is 11.8. The molecule has 0 bridgehead atoms. The van der Waals surface area contributed by atoms with Crippen LogP contribution < -0.4 is 21.3 Å². The summed E-state index contributed by atoms with van der Waals surface area (Å²) in [6, 6.07) is -3.38. The lowest BCUT2D eigenvalue weighted by Crippen LogP contribution is -2.65. The van der Waals surface area contributed by atoms with Gasteiger partial charge in [-0.15, -0.1) is 0 Å². The molecule has 0 radical (unpaired) electrons. The molecule has 0 unspecified atom stereocenters. The molecule has 4 N–H and O–H groups in total. The van der Waals surface area contributed by atoms with Gasteiger partial charge in [-0.3, -0.25) is 19.2 Å². The van der Waals surface area contributed by atoms with Gasteiger partial charge in [-0.1, -0.05) is 72.6 Å². The molecule has 5 fully saturated rings. The number of amides is 5. The van der Waals surface area contributed by atoms with Crippen molar-refractivity contribution in [3.63, 3.8) is 0 Å². The number of Topliss-reactive ketones (excluding diaryl/α,β-unsaturated/α-hetero) is 1. The summed E-state index contributed by atoms with van der Waals surface area (Å²) >= 11 is 0. The van der Waals surface area contributed by atoms with Gasteiger partial charge in [0.1, 0.15) is 12.1 Å². The molecule has 0 spiro atoms. The Morgan fingerprint density at radius 2 is 1.47 bits per heavy atom. The maximum atomic E-state index is 14.9. The van der Waals surface area contributed by atoms with Crippen molar-refractivity contribution in [1.82, 2.24) is 30.5 Å². The molecule has 4 aliphatic carbocycles. The molecule has 0 aromatic rings. The number of piperidine rings is 1. The molecule has 13 nitrogen and oxygen atoms in total. The largest absolute Gasteiger partial charge is 0.347 e. The number of nitrogens with one attached hydrogen (secondary N) is 4. The highest BCUT2D eigenvalue weighted by Gasteiger charge is 2.70. The lowest BCUT2D eigenvalue weighted by molar-refractivity contribution is -0.146. The van der Waals surface area contributed by atoms with Crippen LogP contribution in [0.3, 0.4) is 0 Å². The zero-order chi connectivity index (χ0) is 39.1. The molecular weight excluding hydrogens is 697 g/mol. The minimum absolute atomic E-state index is 0.00500. The van der Waals surface area contributed by atoms with Gasteiger partial charge < -0.3 is 26.2 Å². The number of fused-ring (bicyclic) bond motifs is 1. The number of carbonyl (C=O) groups is 5. The molecule has 1 aliphatic heterocycles. The van der Waals surface area contributed by atoms with Crippen molar-refractivity contribution >= 4 is 39.6 Å². The molecule has 1 saturated heterocycles. The van der Waals surface area contributed by atoms with Crippen molar-refractivity contribution in [2.24, 2.45) is 22.7 Å². The number of hydrogen-bond donors (Lipinski definition) is 4. The molecule has 5 atom stereocenters. The van der Waals surface area contributed by atoms with E-state index in [9.17, 15) is 32.4 Å². The Morgan fingerprint density at radius 1 is 0.887 bits per heavy atom. The molecule has 5 rings (SSSR count). The Bertz CT molecular complexity index is 1520. The van der Waals surface area contributed by atoms with Gasteiger partial charge in [0.05, 0.1) is 17.3 Å². The fourth-order valence-electron chi connectivity index (χ4n) is 9.42. The Kier molecular flexibility index (Phi) is 12.1. The van der Waals surface area contributed by atoms with E-state index >= 15 is 0 Å². The van der Waals surface area contributed by atoms with Gasteiger partial charge in [0.15, 0.2) is 0 Å². The van der Waals surface area contributed by atoms with Crippen molar-refractivity contribution in [1.29, 1.82) is 0 Å². The standard InChI is InChI=1S/C39H66N6O7S/c1-9-16-27(30(46)33(48)40-25-17-18-25)41-32(47)29-28-26(37(28,5)6)23-45(29)34(49)31(38(7)19-12-10-13-20-38)42-35(50)43-39(21-14-11-15-22-39)24-53(51,52)44(8)36(2,3)4/h25-29,31H,9-24H2,1-8H3,(H,40,48)(H,41,47)(H2,42,43,50)/t26-,27-,28-,29-,31+/m0/s1. The van der Waals surface area contributed by atoms with Crippen molar-refractivity contribution in [3.8, 4) is 0 Å². The predicted molar refractivity (Wildman–Crippen MR) is 203 cm³/mol. The number of urea groups is 1. The van der Waals surface area contributed by atoms with Crippen LogP contribution in [-0.4, -0.2) is 102 Å². The summed E-state index contributed by atoms with van der Waals surface area (Å²) in [6.45, 7) is 13.9. The van der Waals surface area contributed by atoms with E-state index in [1.54, 1.807) is 11.9 Å². The number of ketones is 1. The number of hydrogen-bond acceptors (Lipinski definition) is 7. The average Bonchev–Trinajstić information content (AvgIpc) is 3.93. The number of likely N-dealkylation sites (tertiary alicyclic amines) is 1. The van der Waals surface area contributed by atoms with Gasteiger partial charge in [0.25, 0.3) is 5.91 Å². The summed E-state index contributed by atoms with van der Waals surface area (Å²) < 4.78 is 28.7. The third-order valence-electron chi connectivity index (χ3n) is 13.3. The normalized spacial score (nSPS) is 27.2.